The van der Waals surface area contributed by atoms with Crippen LogP contribution in [-0.2, 0) is 11.2 Å². The first-order valence-corrected chi connectivity index (χ1v) is 7.92. The highest BCUT2D eigenvalue weighted by atomic mass is 32.1. The summed E-state index contributed by atoms with van der Waals surface area (Å²) < 4.78 is 0. The fraction of sp³-hybridized carbons (Fsp3) is 0.250. The molecular weight excluding hydrogens is 282 g/mol. The Hall–Kier alpha value is -2.14. The van der Waals surface area contributed by atoms with Crippen molar-refractivity contribution in [1.82, 2.24) is 10.2 Å². The maximum absolute atomic E-state index is 12.1. The highest BCUT2D eigenvalue weighted by Gasteiger charge is 2.29. The molecule has 5 heteroatoms. The van der Waals surface area contributed by atoms with Crippen LogP contribution in [-0.4, -0.2) is 16.1 Å². The van der Waals surface area contributed by atoms with Gasteiger partial charge in [0.15, 0.2) is 0 Å². The molecule has 0 fully saturated rings. The number of thiophene rings is 1. The number of carbonyl (C=O) groups excluding carboxylic acids is 1. The molecule has 0 saturated heterocycles. The maximum atomic E-state index is 12.1. The van der Waals surface area contributed by atoms with E-state index in [2.05, 4.69) is 40.6 Å². The largest absolute Gasteiger partial charge is 0.325 e. The molecule has 1 amide bonds. The fourth-order valence-corrected chi connectivity index (χ4v) is 4.05. The van der Waals surface area contributed by atoms with Gasteiger partial charge in [-0.1, -0.05) is 13.0 Å². The molecule has 2 aromatic heterocycles. The number of aryl methyl sites for hydroxylation is 1. The predicted molar refractivity (Wildman–Crippen MR) is 84.9 cm³/mol. The number of benzene rings is 1. The Morgan fingerprint density at radius 3 is 3.05 bits per heavy atom. The highest BCUT2D eigenvalue weighted by molar-refractivity contribution is 7.12. The van der Waals surface area contributed by atoms with Crippen LogP contribution in [0.15, 0.2) is 30.5 Å². The molecule has 3 aromatic rings. The Balaban J connectivity index is 1.89. The Morgan fingerprint density at radius 1 is 1.33 bits per heavy atom. The number of amides is 1. The highest BCUT2D eigenvalue weighted by Crippen LogP contribution is 2.42. The summed E-state index contributed by atoms with van der Waals surface area (Å²) in [7, 11) is 0. The van der Waals surface area contributed by atoms with E-state index in [-0.39, 0.29) is 11.8 Å². The lowest BCUT2D eigenvalue weighted by Crippen LogP contribution is -2.23. The lowest BCUT2D eigenvalue weighted by atomic mass is 9.88. The quantitative estimate of drug-likeness (QED) is 0.758. The number of carbonyl (C=O) groups is 1. The van der Waals surface area contributed by atoms with Crippen molar-refractivity contribution >= 4 is 33.8 Å². The van der Waals surface area contributed by atoms with Gasteiger partial charge >= 0.3 is 0 Å². The number of aromatic amines is 1. The van der Waals surface area contributed by atoms with E-state index in [0.29, 0.717) is 6.42 Å². The van der Waals surface area contributed by atoms with Gasteiger partial charge in [0.25, 0.3) is 0 Å². The van der Waals surface area contributed by atoms with Crippen LogP contribution in [0.1, 0.15) is 34.6 Å². The number of rotatable bonds is 2. The molecule has 3 heterocycles. The molecule has 1 aliphatic rings. The Morgan fingerprint density at radius 2 is 2.24 bits per heavy atom. The summed E-state index contributed by atoms with van der Waals surface area (Å²) in [4.78, 5) is 14.7. The minimum Gasteiger partial charge on any atom is -0.325 e. The normalized spacial score (nSPS) is 17.8. The first-order chi connectivity index (χ1) is 10.3. The van der Waals surface area contributed by atoms with E-state index in [9.17, 15) is 4.79 Å². The van der Waals surface area contributed by atoms with Crippen molar-refractivity contribution in [3.8, 4) is 0 Å². The molecule has 0 radical (unpaired) electrons. The molecular formula is C16H15N3OS. The first kappa shape index (κ1) is 12.6. The third-order valence-corrected chi connectivity index (χ3v) is 5.40. The number of hydrogen-bond acceptors (Lipinski definition) is 3. The number of anilines is 1. The van der Waals surface area contributed by atoms with Gasteiger partial charge < -0.3 is 5.32 Å². The van der Waals surface area contributed by atoms with Crippen molar-refractivity contribution in [3.63, 3.8) is 0 Å². The molecule has 4 rings (SSSR count). The SMILES string of the molecule is CCc1ccc(C2CC(=O)Nc3c2ccc2[nH]ncc32)s1. The van der Waals surface area contributed by atoms with Crippen molar-refractivity contribution in [3.05, 3.63) is 45.8 Å². The zero-order valence-corrected chi connectivity index (χ0v) is 12.5. The summed E-state index contributed by atoms with van der Waals surface area (Å²) in [6.45, 7) is 2.16. The van der Waals surface area contributed by atoms with Crippen LogP contribution in [0.3, 0.4) is 0 Å². The second kappa shape index (κ2) is 4.70. The molecule has 0 aliphatic carbocycles. The van der Waals surface area contributed by atoms with E-state index in [4.69, 9.17) is 0 Å². The van der Waals surface area contributed by atoms with E-state index in [0.717, 1.165) is 23.0 Å². The van der Waals surface area contributed by atoms with E-state index in [1.165, 1.54) is 15.3 Å². The van der Waals surface area contributed by atoms with E-state index in [1.54, 1.807) is 6.20 Å². The molecule has 106 valence electrons. The van der Waals surface area contributed by atoms with Gasteiger partial charge in [-0.2, -0.15) is 5.10 Å². The third-order valence-electron chi connectivity index (χ3n) is 4.06. The lowest BCUT2D eigenvalue weighted by molar-refractivity contribution is -0.116. The van der Waals surface area contributed by atoms with Crippen molar-refractivity contribution in [2.24, 2.45) is 0 Å². The van der Waals surface area contributed by atoms with Crippen LogP contribution in [0.2, 0.25) is 0 Å². The molecule has 0 spiro atoms. The average molecular weight is 297 g/mol. The molecule has 1 aliphatic heterocycles. The smallest absolute Gasteiger partial charge is 0.225 e. The summed E-state index contributed by atoms with van der Waals surface area (Å²) in [5.74, 6) is 0.228. The van der Waals surface area contributed by atoms with Crippen LogP contribution < -0.4 is 5.32 Å². The summed E-state index contributed by atoms with van der Waals surface area (Å²) >= 11 is 1.81. The van der Waals surface area contributed by atoms with Gasteiger partial charge in [0, 0.05) is 27.5 Å². The van der Waals surface area contributed by atoms with Gasteiger partial charge in [-0.25, -0.2) is 0 Å². The van der Waals surface area contributed by atoms with Crippen LogP contribution in [0.25, 0.3) is 10.9 Å². The second-order valence-corrected chi connectivity index (χ2v) is 6.52. The van der Waals surface area contributed by atoms with Gasteiger partial charge in [0.1, 0.15) is 0 Å². The van der Waals surface area contributed by atoms with Crippen LogP contribution >= 0.6 is 11.3 Å². The summed E-state index contributed by atoms with van der Waals surface area (Å²) in [5.41, 5.74) is 3.05. The average Bonchev–Trinajstić information content (AvgIpc) is 3.15. The Bertz CT molecular complexity index is 833. The second-order valence-electron chi connectivity index (χ2n) is 5.32. The van der Waals surface area contributed by atoms with Gasteiger partial charge in [-0.3, -0.25) is 9.89 Å². The number of nitrogens with zero attached hydrogens (tertiary/aromatic N) is 1. The maximum Gasteiger partial charge on any atom is 0.225 e. The standard InChI is InChI=1S/C16H15N3OS/c1-2-9-3-6-14(21-9)11-7-15(20)18-16-10(11)4-5-13-12(16)8-17-19-13/h3-6,8,11H,2,7H2,1H3,(H,17,19)(H,18,20). The van der Waals surface area contributed by atoms with Crippen molar-refractivity contribution < 1.29 is 4.79 Å². The van der Waals surface area contributed by atoms with Crippen LogP contribution in [0.4, 0.5) is 5.69 Å². The summed E-state index contributed by atoms with van der Waals surface area (Å²) in [6, 6.07) is 8.48. The molecule has 0 bridgehead atoms. The van der Waals surface area contributed by atoms with Gasteiger partial charge in [0.2, 0.25) is 5.91 Å². The van der Waals surface area contributed by atoms with Gasteiger partial charge in [-0.15, -0.1) is 11.3 Å². The molecule has 1 atom stereocenters. The Kier molecular flexibility index (Phi) is 2.82. The lowest BCUT2D eigenvalue weighted by Gasteiger charge is -2.25. The molecule has 1 unspecified atom stereocenters. The first-order valence-electron chi connectivity index (χ1n) is 7.10. The van der Waals surface area contributed by atoms with E-state index in [1.807, 2.05) is 17.4 Å². The number of fused-ring (bicyclic) bond motifs is 3. The molecule has 1 aromatic carbocycles. The molecule has 2 N–H and O–H groups in total. The fourth-order valence-electron chi connectivity index (χ4n) is 2.98. The zero-order chi connectivity index (χ0) is 14.4. The van der Waals surface area contributed by atoms with E-state index >= 15 is 0 Å². The van der Waals surface area contributed by atoms with Crippen molar-refractivity contribution in [1.29, 1.82) is 0 Å². The Labute approximate surface area is 126 Å². The molecule has 21 heavy (non-hydrogen) atoms. The number of aromatic nitrogens is 2. The van der Waals surface area contributed by atoms with Gasteiger partial charge in [0.05, 0.1) is 17.4 Å². The number of H-pyrrole nitrogens is 1. The van der Waals surface area contributed by atoms with Crippen molar-refractivity contribution in [2.45, 2.75) is 25.7 Å². The summed E-state index contributed by atoms with van der Waals surface area (Å²) in [6.07, 6.45) is 3.33. The van der Waals surface area contributed by atoms with Gasteiger partial charge in [-0.05, 0) is 30.2 Å². The molecule has 4 nitrogen and oxygen atoms in total. The number of nitrogens with one attached hydrogen (secondary N) is 2. The molecule has 0 saturated carbocycles. The monoisotopic (exact) mass is 297 g/mol. The van der Waals surface area contributed by atoms with Crippen LogP contribution in [0, 0.1) is 0 Å². The van der Waals surface area contributed by atoms with Crippen molar-refractivity contribution in [2.75, 3.05) is 5.32 Å². The minimum atomic E-state index is 0.0765. The number of hydrogen-bond donors (Lipinski definition) is 2. The summed E-state index contributed by atoms with van der Waals surface area (Å²) in [5, 5.41) is 11.0. The third kappa shape index (κ3) is 1.96. The predicted octanol–water partition coefficient (Wildman–Crippen LogP) is 3.66. The zero-order valence-electron chi connectivity index (χ0n) is 11.6. The van der Waals surface area contributed by atoms with Crippen LogP contribution in [0.5, 0.6) is 0 Å². The topological polar surface area (TPSA) is 57.8 Å². The van der Waals surface area contributed by atoms with E-state index < -0.39 is 0 Å². The minimum absolute atomic E-state index is 0.0765.